The van der Waals surface area contributed by atoms with Crippen molar-refractivity contribution in [3.63, 3.8) is 0 Å². The van der Waals surface area contributed by atoms with E-state index in [1.807, 2.05) is 0 Å². The monoisotopic (exact) mass is 444 g/mol. The van der Waals surface area contributed by atoms with Gasteiger partial charge in [0, 0.05) is 21.2 Å². The van der Waals surface area contributed by atoms with Gasteiger partial charge in [-0.1, -0.05) is 40.6 Å². The van der Waals surface area contributed by atoms with Gasteiger partial charge in [0.25, 0.3) is 5.82 Å². The largest absolute Gasteiger partial charge is 0.489 e. The zero-order chi connectivity index (χ0) is 19.9. The molecule has 2 aromatic heterocycles. The lowest BCUT2D eigenvalue weighted by Gasteiger charge is -2.08. The molecule has 0 spiro atoms. The fraction of sp³-hybridized carbons (Fsp3) is 0.118. The smallest absolute Gasteiger partial charge is 0.453 e. The van der Waals surface area contributed by atoms with Gasteiger partial charge in [0.2, 0.25) is 4.96 Å². The van der Waals surface area contributed by atoms with Crippen molar-refractivity contribution in [1.29, 1.82) is 0 Å². The van der Waals surface area contributed by atoms with Crippen LogP contribution in [0.2, 0.25) is 10.0 Å². The first-order valence-electron chi connectivity index (χ1n) is 7.78. The molecule has 0 amide bonds. The summed E-state index contributed by atoms with van der Waals surface area (Å²) in [4.78, 5) is 0.0695. The summed E-state index contributed by atoms with van der Waals surface area (Å²) in [5.41, 5.74) is 1.42. The van der Waals surface area contributed by atoms with Crippen LogP contribution in [-0.2, 0) is 12.8 Å². The minimum atomic E-state index is -4.62. The first-order valence-corrected chi connectivity index (χ1v) is 9.35. The van der Waals surface area contributed by atoms with Crippen LogP contribution in [0.3, 0.4) is 0 Å². The third-order valence-electron chi connectivity index (χ3n) is 3.76. The second-order valence-electron chi connectivity index (χ2n) is 5.67. The Morgan fingerprint density at radius 3 is 2.46 bits per heavy atom. The van der Waals surface area contributed by atoms with E-state index in [1.54, 1.807) is 42.5 Å². The highest BCUT2D eigenvalue weighted by Crippen LogP contribution is 2.32. The molecule has 0 unspecified atom stereocenters. The lowest BCUT2D eigenvalue weighted by atomic mass is 10.2. The summed E-state index contributed by atoms with van der Waals surface area (Å²) in [6.07, 6.45) is -4.62. The molecule has 5 nitrogen and oxygen atoms in total. The second-order valence-corrected chi connectivity index (χ2v) is 7.47. The van der Waals surface area contributed by atoms with Crippen LogP contribution >= 0.6 is 34.5 Å². The number of fused-ring (bicyclic) bond motifs is 1. The van der Waals surface area contributed by atoms with Crippen LogP contribution in [0.5, 0.6) is 5.75 Å². The Labute approximate surface area is 170 Å². The Bertz CT molecular complexity index is 1140. The Morgan fingerprint density at radius 1 is 1.04 bits per heavy atom. The fourth-order valence-corrected chi connectivity index (χ4v) is 3.71. The molecule has 0 bridgehead atoms. The Balaban J connectivity index is 1.51. The van der Waals surface area contributed by atoms with Gasteiger partial charge in [-0.2, -0.15) is 22.8 Å². The van der Waals surface area contributed by atoms with Crippen LogP contribution in [0.25, 0.3) is 15.5 Å². The van der Waals surface area contributed by atoms with Gasteiger partial charge in [-0.05, 0) is 36.4 Å². The van der Waals surface area contributed by atoms with Gasteiger partial charge in [0.05, 0.1) is 0 Å². The zero-order valence-electron chi connectivity index (χ0n) is 13.7. The Kier molecular flexibility index (Phi) is 4.90. The maximum absolute atomic E-state index is 12.9. The normalized spacial score (nSPS) is 11.9. The van der Waals surface area contributed by atoms with Crippen molar-refractivity contribution < 1.29 is 17.9 Å². The lowest BCUT2D eigenvalue weighted by Crippen LogP contribution is -2.11. The van der Waals surface area contributed by atoms with Crippen molar-refractivity contribution in [3.05, 3.63) is 63.9 Å². The highest BCUT2D eigenvalue weighted by atomic mass is 35.5. The molecular weight excluding hydrogens is 436 g/mol. The van der Waals surface area contributed by atoms with Crippen molar-refractivity contribution in [2.45, 2.75) is 12.8 Å². The molecule has 0 fully saturated rings. The van der Waals surface area contributed by atoms with Crippen molar-refractivity contribution in [1.82, 2.24) is 19.8 Å². The maximum atomic E-state index is 12.9. The molecule has 4 aromatic rings. The van der Waals surface area contributed by atoms with E-state index in [0.717, 1.165) is 16.9 Å². The first kappa shape index (κ1) is 19.0. The van der Waals surface area contributed by atoms with Gasteiger partial charge in [0.15, 0.2) is 0 Å². The molecule has 0 radical (unpaired) electrons. The zero-order valence-corrected chi connectivity index (χ0v) is 16.1. The molecular formula is C17H9Cl2F3N4OS. The average molecular weight is 445 g/mol. The molecule has 2 heterocycles. The molecule has 28 heavy (non-hydrogen) atoms. The quantitative estimate of drug-likeness (QED) is 0.401. The number of aromatic nitrogens is 4. The van der Waals surface area contributed by atoms with E-state index in [4.69, 9.17) is 27.9 Å². The van der Waals surface area contributed by atoms with Crippen LogP contribution in [0.15, 0.2) is 42.5 Å². The second kappa shape index (κ2) is 7.23. The number of benzene rings is 2. The number of nitrogens with zero attached hydrogens (tertiary/aromatic N) is 4. The molecule has 2 aromatic carbocycles. The van der Waals surface area contributed by atoms with E-state index in [9.17, 15) is 13.2 Å². The van der Waals surface area contributed by atoms with Gasteiger partial charge in [-0.25, -0.2) is 0 Å². The molecule has 4 rings (SSSR count). The minimum absolute atomic E-state index is 0.0695. The van der Waals surface area contributed by atoms with E-state index in [-0.39, 0.29) is 11.6 Å². The predicted octanol–water partition coefficient (Wildman–Crippen LogP) is 5.76. The van der Waals surface area contributed by atoms with Gasteiger partial charge in [-0.15, -0.1) is 10.2 Å². The van der Waals surface area contributed by atoms with Gasteiger partial charge in [0.1, 0.15) is 17.4 Å². The van der Waals surface area contributed by atoms with Gasteiger partial charge in [-0.3, -0.25) is 0 Å². The van der Waals surface area contributed by atoms with E-state index in [0.29, 0.717) is 30.9 Å². The molecule has 11 heteroatoms. The van der Waals surface area contributed by atoms with Crippen molar-refractivity contribution in [2.24, 2.45) is 0 Å². The standard InChI is InChI=1S/C17H9Cl2F3N4OS/c18-11-4-1-10(13(19)7-11)8-27-12-5-2-9(3-6-12)14-25-26-15(17(20,21)22)23-24-16(26)28-14/h1-7H,8H2. The lowest BCUT2D eigenvalue weighted by molar-refractivity contribution is -0.146. The number of hydrogen-bond acceptors (Lipinski definition) is 5. The van der Waals surface area contributed by atoms with E-state index in [1.165, 1.54) is 0 Å². The summed E-state index contributed by atoms with van der Waals surface area (Å²) in [5, 5.41) is 12.1. The summed E-state index contributed by atoms with van der Waals surface area (Å²) in [5.74, 6) is -0.571. The Morgan fingerprint density at radius 2 is 1.79 bits per heavy atom. The number of halogens is 5. The van der Waals surface area contributed by atoms with E-state index < -0.39 is 12.0 Å². The molecule has 144 valence electrons. The van der Waals surface area contributed by atoms with Crippen molar-refractivity contribution in [2.75, 3.05) is 0 Å². The van der Waals surface area contributed by atoms with E-state index in [2.05, 4.69) is 15.3 Å². The van der Waals surface area contributed by atoms with Crippen LogP contribution < -0.4 is 4.74 Å². The Hall–Kier alpha value is -2.36. The molecule has 0 aliphatic carbocycles. The fourth-order valence-electron chi connectivity index (χ4n) is 2.40. The topological polar surface area (TPSA) is 52.3 Å². The third kappa shape index (κ3) is 3.78. The summed E-state index contributed by atoms with van der Waals surface area (Å²) in [7, 11) is 0. The van der Waals surface area contributed by atoms with Crippen LogP contribution in [-0.4, -0.2) is 19.8 Å². The summed E-state index contributed by atoms with van der Waals surface area (Å²) in [6, 6.07) is 11.9. The van der Waals surface area contributed by atoms with Crippen LogP contribution in [0.4, 0.5) is 13.2 Å². The van der Waals surface area contributed by atoms with Crippen molar-refractivity contribution >= 4 is 39.5 Å². The van der Waals surface area contributed by atoms with Crippen LogP contribution in [0.1, 0.15) is 11.4 Å². The molecule has 0 N–H and O–H groups in total. The number of ether oxygens (including phenoxy) is 1. The third-order valence-corrected chi connectivity index (χ3v) is 5.29. The molecule has 0 saturated heterocycles. The summed E-state index contributed by atoms with van der Waals surface area (Å²) in [6.45, 7) is 0.251. The first-order chi connectivity index (χ1) is 13.3. The summed E-state index contributed by atoms with van der Waals surface area (Å²) >= 11 is 13.0. The SMILES string of the molecule is FC(F)(F)c1nnc2sc(-c3ccc(OCc4ccc(Cl)cc4Cl)cc3)nn12. The number of alkyl halides is 3. The maximum Gasteiger partial charge on any atom is 0.453 e. The number of rotatable bonds is 4. The molecule has 0 aliphatic rings. The summed E-state index contributed by atoms with van der Waals surface area (Å²) < 4.78 is 45.1. The molecule has 0 aliphatic heterocycles. The van der Waals surface area contributed by atoms with Crippen molar-refractivity contribution in [3.8, 4) is 16.3 Å². The van der Waals surface area contributed by atoms with Gasteiger partial charge < -0.3 is 4.74 Å². The molecule has 0 saturated carbocycles. The van der Waals surface area contributed by atoms with E-state index >= 15 is 0 Å². The minimum Gasteiger partial charge on any atom is -0.489 e. The van der Waals surface area contributed by atoms with Crippen LogP contribution in [0, 0.1) is 0 Å². The average Bonchev–Trinajstić information content (AvgIpc) is 3.21. The van der Waals surface area contributed by atoms with Gasteiger partial charge >= 0.3 is 6.18 Å². The highest BCUT2D eigenvalue weighted by molar-refractivity contribution is 7.19. The highest BCUT2D eigenvalue weighted by Gasteiger charge is 2.38. The predicted molar refractivity (Wildman–Crippen MR) is 99.9 cm³/mol. The molecule has 0 atom stereocenters. The number of hydrogen-bond donors (Lipinski definition) is 0.